The van der Waals surface area contributed by atoms with E-state index in [-0.39, 0.29) is 5.82 Å². The number of alkyl halides is 3. The predicted molar refractivity (Wildman–Crippen MR) is 62.4 cm³/mol. The van der Waals surface area contributed by atoms with E-state index in [1.165, 1.54) is 0 Å². The third-order valence-corrected chi connectivity index (χ3v) is 4.24. The molecule has 2 fully saturated rings. The number of hydrogen-bond donors (Lipinski definition) is 3. The van der Waals surface area contributed by atoms with E-state index in [4.69, 9.17) is 22.1 Å². The van der Waals surface area contributed by atoms with Crippen molar-refractivity contribution in [1.82, 2.24) is 9.55 Å². The molecule has 1 saturated carbocycles. The molecule has 3 rings (SSSR count). The van der Waals surface area contributed by atoms with Crippen LogP contribution in [0.4, 0.5) is 14.6 Å². The molecule has 1 aliphatic carbocycles. The zero-order chi connectivity index (χ0) is 14.9. The Hall–Kier alpha value is -1.29. The van der Waals surface area contributed by atoms with Crippen LogP contribution in [0.15, 0.2) is 17.1 Å². The van der Waals surface area contributed by atoms with Crippen molar-refractivity contribution in [2.45, 2.75) is 29.5 Å². The molecular formula is C10H10ClF2N3O4. The minimum atomic E-state index is -3.91. The lowest BCUT2D eigenvalue weighted by molar-refractivity contribution is -0.200. The number of hydrogen-bond acceptors (Lipinski definition) is 6. The molecule has 0 aromatic carbocycles. The summed E-state index contributed by atoms with van der Waals surface area (Å²) < 4.78 is 34.0. The van der Waals surface area contributed by atoms with Gasteiger partial charge < -0.3 is 20.7 Å². The highest BCUT2D eigenvalue weighted by molar-refractivity contribution is 6.19. The largest absolute Gasteiger partial charge is 0.387 e. The van der Waals surface area contributed by atoms with Crippen molar-refractivity contribution in [1.29, 1.82) is 0 Å². The number of nitrogens with two attached hydrogens (primary N) is 1. The Morgan fingerprint density at radius 3 is 2.75 bits per heavy atom. The number of fused-ring (bicyclic) bond motifs is 1. The Kier molecular flexibility index (Phi) is 2.51. The van der Waals surface area contributed by atoms with Crippen molar-refractivity contribution >= 4 is 17.4 Å². The summed E-state index contributed by atoms with van der Waals surface area (Å²) in [6, 6.07) is 1.14. The van der Waals surface area contributed by atoms with Gasteiger partial charge in [-0.1, -0.05) is 0 Å². The molecule has 4 N–H and O–H groups in total. The number of aliphatic hydroxyl groups is 2. The molecule has 2 aliphatic rings. The fourth-order valence-corrected chi connectivity index (χ4v) is 3.01. The molecule has 20 heavy (non-hydrogen) atoms. The van der Waals surface area contributed by atoms with Crippen molar-refractivity contribution < 1.29 is 23.7 Å². The maximum absolute atomic E-state index is 14.3. The van der Waals surface area contributed by atoms with Gasteiger partial charge in [-0.2, -0.15) is 13.8 Å². The Balaban J connectivity index is 2.08. The second-order valence-corrected chi connectivity index (χ2v) is 5.09. The zero-order valence-electron chi connectivity index (χ0n) is 9.83. The number of aliphatic hydroxyl groups excluding tert-OH is 1. The van der Waals surface area contributed by atoms with E-state index in [1.807, 2.05) is 0 Å². The normalized spacial score (nSPS) is 41.5. The SMILES string of the molecule is Nc1ccn([C@@H]2O[C@]3(CCl)C(O)[C@]3(O)C2(F)F)c(=O)n1. The van der Waals surface area contributed by atoms with Gasteiger partial charge in [0, 0.05) is 6.20 Å². The molecule has 10 heteroatoms. The maximum atomic E-state index is 14.3. The van der Waals surface area contributed by atoms with Gasteiger partial charge in [-0.3, -0.25) is 4.57 Å². The smallest absolute Gasteiger partial charge is 0.351 e. The number of nitrogen functional groups attached to an aromatic ring is 1. The van der Waals surface area contributed by atoms with Crippen LogP contribution in [0.3, 0.4) is 0 Å². The van der Waals surface area contributed by atoms with Gasteiger partial charge in [-0.05, 0) is 6.07 Å². The molecule has 0 radical (unpaired) electrons. The Labute approximate surface area is 115 Å². The number of nitrogens with zero attached hydrogens (tertiary/aromatic N) is 2. The molecule has 1 aromatic heterocycles. The van der Waals surface area contributed by atoms with Crippen LogP contribution in [-0.4, -0.2) is 48.9 Å². The molecular weight excluding hydrogens is 300 g/mol. The van der Waals surface area contributed by atoms with Crippen molar-refractivity contribution in [2.24, 2.45) is 0 Å². The Bertz CT molecular complexity index is 641. The third kappa shape index (κ3) is 1.24. The quantitative estimate of drug-likeness (QED) is 0.609. The van der Waals surface area contributed by atoms with Crippen LogP contribution < -0.4 is 11.4 Å². The molecule has 2 heterocycles. The summed E-state index contributed by atoms with van der Waals surface area (Å²) in [5.74, 6) is -4.60. The third-order valence-electron chi connectivity index (χ3n) is 3.84. The van der Waals surface area contributed by atoms with E-state index >= 15 is 0 Å². The molecule has 0 bridgehead atoms. The molecule has 7 nitrogen and oxygen atoms in total. The monoisotopic (exact) mass is 309 g/mol. The van der Waals surface area contributed by atoms with Crippen molar-refractivity contribution in [2.75, 3.05) is 11.6 Å². The Morgan fingerprint density at radius 1 is 1.60 bits per heavy atom. The van der Waals surface area contributed by atoms with E-state index in [2.05, 4.69) is 4.98 Å². The van der Waals surface area contributed by atoms with Gasteiger partial charge in [-0.15, -0.1) is 11.6 Å². The lowest BCUT2D eigenvalue weighted by atomic mass is 10.1. The summed E-state index contributed by atoms with van der Waals surface area (Å²) in [6.45, 7) is 0. The van der Waals surface area contributed by atoms with Gasteiger partial charge in [-0.25, -0.2) is 4.79 Å². The summed E-state index contributed by atoms with van der Waals surface area (Å²) in [4.78, 5) is 14.9. The van der Waals surface area contributed by atoms with Crippen molar-refractivity contribution in [3.05, 3.63) is 22.7 Å². The zero-order valence-corrected chi connectivity index (χ0v) is 10.6. The second-order valence-electron chi connectivity index (χ2n) is 4.83. The summed E-state index contributed by atoms with van der Waals surface area (Å²) in [6.07, 6.45) is -2.96. The highest BCUT2D eigenvalue weighted by Gasteiger charge is 2.95. The van der Waals surface area contributed by atoms with Gasteiger partial charge in [0.2, 0.25) is 6.23 Å². The molecule has 1 aromatic rings. The topological polar surface area (TPSA) is 111 Å². The first-order valence-electron chi connectivity index (χ1n) is 5.59. The number of aromatic nitrogens is 2. The number of ether oxygens (including phenoxy) is 1. The van der Waals surface area contributed by atoms with E-state index in [1.54, 1.807) is 0 Å². The lowest BCUT2D eigenvalue weighted by Crippen LogP contribution is -2.46. The van der Waals surface area contributed by atoms with Crippen LogP contribution in [0.5, 0.6) is 0 Å². The first-order chi connectivity index (χ1) is 9.22. The van der Waals surface area contributed by atoms with E-state index in [0.29, 0.717) is 4.57 Å². The highest BCUT2D eigenvalue weighted by atomic mass is 35.5. The van der Waals surface area contributed by atoms with Gasteiger partial charge in [0.25, 0.3) is 0 Å². The Morgan fingerprint density at radius 2 is 2.25 bits per heavy atom. The summed E-state index contributed by atoms with van der Waals surface area (Å²) in [5, 5.41) is 19.4. The first kappa shape index (κ1) is 13.7. The minimum absolute atomic E-state index is 0.136. The van der Waals surface area contributed by atoms with Gasteiger partial charge in [0.15, 0.2) is 11.2 Å². The molecule has 1 unspecified atom stereocenters. The van der Waals surface area contributed by atoms with E-state index < -0.39 is 41.0 Å². The molecule has 1 aliphatic heterocycles. The first-order valence-corrected chi connectivity index (χ1v) is 6.12. The van der Waals surface area contributed by atoms with Crippen LogP contribution >= 0.6 is 11.6 Å². The van der Waals surface area contributed by atoms with Crippen LogP contribution in [-0.2, 0) is 4.74 Å². The van der Waals surface area contributed by atoms with Gasteiger partial charge >= 0.3 is 11.6 Å². The average Bonchev–Trinajstić information content (AvgIpc) is 2.78. The van der Waals surface area contributed by atoms with Crippen molar-refractivity contribution in [3.63, 3.8) is 0 Å². The average molecular weight is 310 g/mol. The molecule has 0 amide bonds. The fraction of sp³-hybridized carbons (Fsp3) is 0.600. The lowest BCUT2D eigenvalue weighted by Gasteiger charge is -2.26. The maximum Gasteiger partial charge on any atom is 0.351 e. The molecule has 4 atom stereocenters. The minimum Gasteiger partial charge on any atom is -0.387 e. The van der Waals surface area contributed by atoms with Crippen LogP contribution in [0, 0.1) is 0 Å². The van der Waals surface area contributed by atoms with Crippen molar-refractivity contribution in [3.8, 4) is 0 Å². The van der Waals surface area contributed by atoms with Crippen LogP contribution in [0.1, 0.15) is 6.23 Å². The predicted octanol–water partition coefficient (Wildman–Crippen LogP) is -0.927. The number of anilines is 1. The molecule has 0 spiro atoms. The second kappa shape index (κ2) is 3.67. The summed E-state index contributed by atoms with van der Waals surface area (Å²) >= 11 is 5.52. The van der Waals surface area contributed by atoms with Crippen LogP contribution in [0.2, 0.25) is 0 Å². The number of halogens is 3. The molecule has 110 valence electrons. The van der Waals surface area contributed by atoms with E-state index in [9.17, 15) is 23.8 Å². The number of rotatable bonds is 2. The van der Waals surface area contributed by atoms with Crippen LogP contribution in [0.25, 0.3) is 0 Å². The molecule has 1 saturated heterocycles. The highest BCUT2D eigenvalue weighted by Crippen LogP contribution is 2.69. The summed E-state index contributed by atoms with van der Waals surface area (Å²) in [7, 11) is 0. The summed E-state index contributed by atoms with van der Waals surface area (Å²) in [5.41, 5.74) is -0.612. The standard InChI is InChI=1S/C10H10ClF2N3O4/c11-3-8-5(17)9(8,19)10(12,13)6(20-8)16-2-1-4(14)15-7(16)18/h1-2,5-6,17,19H,3H2,(H2,14,15,18)/t5?,6-,8-,9-/m1/s1. The fourth-order valence-electron chi connectivity index (χ4n) is 2.59. The van der Waals surface area contributed by atoms with Gasteiger partial charge in [0.05, 0.1) is 5.88 Å². The van der Waals surface area contributed by atoms with E-state index in [0.717, 1.165) is 12.3 Å². The van der Waals surface area contributed by atoms with Gasteiger partial charge in [0.1, 0.15) is 11.9 Å².